The Bertz CT molecular complexity index is 407. The quantitative estimate of drug-likeness (QED) is 0.780. The Balaban J connectivity index is 2.23. The molecule has 0 saturated heterocycles. The summed E-state index contributed by atoms with van der Waals surface area (Å²) in [5, 5.41) is 2.96. The molecule has 0 aromatic heterocycles. The SMILES string of the molecule is CC(C)N(C)CCCCNC(=O)c1ccccc1Br. The highest BCUT2D eigenvalue weighted by molar-refractivity contribution is 9.10. The number of amides is 1. The fraction of sp³-hybridized carbons (Fsp3) is 0.533. The van der Waals surface area contributed by atoms with Gasteiger partial charge in [0.2, 0.25) is 0 Å². The Hall–Kier alpha value is -0.870. The summed E-state index contributed by atoms with van der Waals surface area (Å²) < 4.78 is 0.840. The first-order chi connectivity index (χ1) is 9.02. The minimum atomic E-state index is -0.00955. The van der Waals surface area contributed by atoms with E-state index < -0.39 is 0 Å². The summed E-state index contributed by atoms with van der Waals surface area (Å²) in [6.45, 7) is 6.18. The van der Waals surface area contributed by atoms with E-state index in [-0.39, 0.29) is 5.91 Å². The highest BCUT2D eigenvalue weighted by Crippen LogP contribution is 2.15. The summed E-state index contributed by atoms with van der Waals surface area (Å²) in [6, 6.07) is 8.06. The van der Waals surface area contributed by atoms with Crippen LogP contribution in [0.3, 0.4) is 0 Å². The second kappa shape index (κ2) is 8.33. The molecule has 0 bridgehead atoms. The molecule has 19 heavy (non-hydrogen) atoms. The van der Waals surface area contributed by atoms with E-state index in [0.717, 1.165) is 30.4 Å². The second-order valence-corrected chi connectivity index (χ2v) is 5.87. The van der Waals surface area contributed by atoms with Gasteiger partial charge in [-0.15, -0.1) is 0 Å². The summed E-state index contributed by atoms with van der Waals surface area (Å²) in [7, 11) is 2.13. The van der Waals surface area contributed by atoms with Crippen molar-refractivity contribution in [3.63, 3.8) is 0 Å². The van der Waals surface area contributed by atoms with Gasteiger partial charge < -0.3 is 10.2 Å². The number of halogens is 1. The van der Waals surface area contributed by atoms with Gasteiger partial charge in [-0.3, -0.25) is 4.79 Å². The molecule has 0 atom stereocenters. The zero-order valence-corrected chi connectivity index (χ0v) is 13.5. The molecular weight excluding hydrogens is 304 g/mol. The molecule has 106 valence electrons. The molecule has 0 radical (unpaired) electrons. The molecule has 1 aromatic carbocycles. The molecule has 0 saturated carbocycles. The van der Waals surface area contributed by atoms with E-state index in [1.807, 2.05) is 24.3 Å². The fourth-order valence-electron chi connectivity index (χ4n) is 1.69. The fourth-order valence-corrected chi connectivity index (χ4v) is 2.15. The smallest absolute Gasteiger partial charge is 0.252 e. The number of benzene rings is 1. The van der Waals surface area contributed by atoms with Gasteiger partial charge in [-0.25, -0.2) is 0 Å². The molecule has 0 aliphatic rings. The summed E-state index contributed by atoms with van der Waals surface area (Å²) in [5.41, 5.74) is 0.696. The lowest BCUT2D eigenvalue weighted by Gasteiger charge is -2.20. The minimum Gasteiger partial charge on any atom is -0.352 e. The highest BCUT2D eigenvalue weighted by Gasteiger charge is 2.08. The molecule has 3 nitrogen and oxygen atoms in total. The van der Waals surface area contributed by atoms with Crippen LogP contribution in [-0.4, -0.2) is 37.0 Å². The Morgan fingerprint density at radius 1 is 1.32 bits per heavy atom. The number of nitrogens with zero attached hydrogens (tertiary/aromatic N) is 1. The molecule has 0 aliphatic heterocycles. The molecule has 1 aromatic rings. The van der Waals surface area contributed by atoms with E-state index in [4.69, 9.17) is 0 Å². The van der Waals surface area contributed by atoms with Crippen molar-refractivity contribution in [2.75, 3.05) is 20.1 Å². The number of rotatable bonds is 7. The van der Waals surface area contributed by atoms with Gasteiger partial charge in [-0.1, -0.05) is 12.1 Å². The molecule has 1 amide bonds. The molecule has 0 spiro atoms. The van der Waals surface area contributed by atoms with Crippen LogP contribution >= 0.6 is 15.9 Å². The van der Waals surface area contributed by atoms with E-state index in [0.29, 0.717) is 11.6 Å². The lowest BCUT2D eigenvalue weighted by molar-refractivity contribution is 0.0951. The largest absolute Gasteiger partial charge is 0.352 e. The number of carbonyl (C=O) groups excluding carboxylic acids is 1. The molecule has 0 aliphatic carbocycles. The van der Waals surface area contributed by atoms with Gasteiger partial charge in [-0.05, 0) is 68.3 Å². The summed E-state index contributed by atoms with van der Waals surface area (Å²) in [4.78, 5) is 14.2. The van der Waals surface area contributed by atoms with Crippen LogP contribution in [-0.2, 0) is 0 Å². The third-order valence-corrected chi connectivity index (χ3v) is 3.91. The van der Waals surface area contributed by atoms with Crippen molar-refractivity contribution < 1.29 is 4.79 Å². The van der Waals surface area contributed by atoms with Gasteiger partial charge in [0.05, 0.1) is 5.56 Å². The molecule has 1 N–H and O–H groups in total. The number of unbranched alkanes of at least 4 members (excludes halogenated alkanes) is 1. The summed E-state index contributed by atoms with van der Waals surface area (Å²) >= 11 is 3.39. The van der Waals surface area contributed by atoms with Crippen LogP contribution in [0.25, 0.3) is 0 Å². The highest BCUT2D eigenvalue weighted by atomic mass is 79.9. The van der Waals surface area contributed by atoms with Crippen LogP contribution in [0.15, 0.2) is 28.7 Å². The maximum absolute atomic E-state index is 11.9. The lowest BCUT2D eigenvalue weighted by Crippen LogP contribution is -2.29. The van der Waals surface area contributed by atoms with Crippen molar-refractivity contribution >= 4 is 21.8 Å². The van der Waals surface area contributed by atoms with Crippen LogP contribution in [0.1, 0.15) is 37.0 Å². The third kappa shape index (κ3) is 5.74. The van der Waals surface area contributed by atoms with E-state index >= 15 is 0 Å². The van der Waals surface area contributed by atoms with E-state index in [9.17, 15) is 4.79 Å². The van der Waals surface area contributed by atoms with Crippen LogP contribution in [0.4, 0.5) is 0 Å². The first-order valence-electron chi connectivity index (χ1n) is 6.75. The average Bonchev–Trinajstić information content (AvgIpc) is 2.38. The number of hydrogen-bond acceptors (Lipinski definition) is 2. The zero-order chi connectivity index (χ0) is 14.3. The van der Waals surface area contributed by atoms with Gasteiger partial charge in [0.15, 0.2) is 0 Å². The maximum Gasteiger partial charge on any atom is 0.252 e. The number of nitrogens with one attached hydrogen (secondary N) is 1. The van der Waals surface area contributed by atoms with Crippen molar-refractivity contribution in [3.05, 3.63) is 34.3 Å². The summed E-state index contributed by atoms with van der Waals surface area (Å²) in [6.07, 6.45) is 2.11. The second-order valence-electron chi connectivity index (χ2n) is 5.02. The summed E-state index contributed by atoms with van der Waals surface area (Å²) in [5.74, 6) is -0.00955. The predicted octanol–water partition coefficient (Wildman–Crippen LogP) is 3.30. The van der Waals surface area contributed by atoms with E-state index in [1.54, 1.807) is 0 Å². The Kier molecular flexibility index (Phi) is 7.10. The standard InChI is InChI=1S/C15H23BrN2O/c1-12(2)18(3)11-7-6-10-17-15(19)13-8-4-5-9-14(13)16/h4-5,8-9,12H,6-7,10-11H2,1-3H3,(H,17,19). The van der Waals surface area contributed by atoms with Gasteiger partial charge in [0.1, 0.15) is 0 Å². The van der Waals surface area contributed by atoms with Crippen molar-refractivity contribution in [1.82, 2.24) is 10.2 Å². The van der Waals surface area contributed by atoms with Gasteiger partial charge in [-0.2, -0.15) is 0 Å². The molecule has 1 rings (SSSR count). The van der Waals surface area contributed by atoms with Crippen LogP contribution < -0.4 is 5.32 Å². The Morgan fingerprint density at radius 2 is 2.00 bits per heavy atom. The monoisotopic (exact) mass is 326 g/mol. The van der Waals surface area contributed by atoms with Gasteiger partial charge >= 0.3 is 0 Å². The Morgan fingerprint density at radius 3 is 2.63 bits per heavy atom. The van der Waals surface area contributed by atoms with Crippen molar-refractivity contribution in [3.8, 4) is 0 Å². The van der Waals surface area contributed by atoms with E-state index in [1.165, 1.54) is 0 Å². The van der Waals surface area contributed by atoms with Crippen molar-refractivity contribution in [2.24, 2.45) is 0 Å². The van der Waals surface area contributed by atoms with Crippen LogP contribution in [0, 0.1) is 0 Å². The third-order valence-electron chi connectivity index (χ3n) is 3.22. The molecule has 0 unspecified atom stereocenters. The Labute approximate surface area is 124 Å². The van der Waals surface area contributed by atoms with E-state index in [2.05, 4.69) is 47.0 Å². The van der Waals surface area contributed by atoms with Crippen molar-refractivity contribution in [1.29, 1.82) is 0 Å². The number of hydrogen-bond donors (Lipinski definition) is 1. The lowest BCUT2D eigenvalue weighted by atomic mass is 10.2. The van der Waals surface area contributed by atoms with Gasteiger partial charge in [0.25, 0.3) is 5.91 Å². The van der Waals surface area contributed by atoms with Crippen LogP contribution in [0.5, 0.6) is 0 Å². The van der Waals surface area contributed by atoms with Crippen molar-refractivity contribution in [2.45, 2.75) is 32.7 Å². The molecule has 0 fully saturated rings. The topological polar surface area (TPSA) is 32.3 Å². The molecular formula is C15H23BrN2O. The van der Waals surface area contributed by atoms with Gasteiger partial charge in [0, 0.05) is 17.1 Å². The molecule has 4 heteroatoms. The predicted molar refractivity (Wildman–Crippen MR) is 83.5 cm³/mol. The molecule has 0 heterocycles. The average molecular weight is 327 g/mol. The number of carbonyl (C=O) groups is 1. The van der Waals surface area contributed by atoms with Crippen LogP contribution in [0.2, 0.25) is 0 Å². The maximum atomic E-state index is 11.9. The zero-order valence-electron chi connectivity index (χ0n) is 11.9. The minimum absolute atomic E-state index is 0.00955. The first kappa shape index (κ1) is 16.2. The first-order valence-corrected chi connectivity index (χ1v) is 7.54. The normalized spacial score (nSPS) is 11.1.